The topological polar surface area (TPSA) is 52.9 Å². The summed E-state index contributed by atoms with van der Waals surface area (Å²) in [7, 11) is 0. The summed E-state index contributed by atoms with van der Waals surface area (Å²) in [6, 6.07) is 30.0. The van der Waals surface area contributed by atoms with Gasteiger partial charge in [-0.2, -0.15) is 5.26 Å². The molecule has 0 heterocycles. The Labute approximate surface area is 210 Å². The summed E-state index contributed by atoms with van der Waals surface area (Å²) in [6.07, 6.45) is 0. The summed E-state index contributed by atoms with van der Waals surface area (Å²) >= 11 is 14.8. The predicted molar refractivity (Wildman–Crippen MR) is 139 cm³/mol. The third kappa shape index (κ3) is 5.93. The smallest absolute Gasteiger partial charge is 0.256 e. The number of allylic oxidation sites excluding steroid dienone is 1. The number of fused-ring (bicyclic) bond motifs is 1. The maximum Gasteiger partial charge on any atom is 0.256 e. The van der Waals surface area contributed by atoms with Gasteiger partial charge in [-0.3, -0.25) is 4.79 Å². The molecule has 0 spiro atoms. The van der Waals surface area contributed by atoms with Crippen LogP contribution < -0.4 is 5.32 Å². The zero-order valence-corrected chi connectivity index (χ0v) is 20.2. The van der Waals surface area contributed by atoms with Gasteiger partial charge in [0.15, 0.2) is 0 Å². The normalized spacial score (nSPS) is 10.5. The van der Waals surface area contributed by atoms with E-state index in [9.17, 15) is 10.1 Å². The molecule has 0 aliphatic carbocycles. The summed E-state index contributed by atoms with van der Waals surface area (Å²) < 4.78 is 0.635. The number of carbonyl (C=O) groups is 1. The second kappa shape index (κ2) is 10.8. The average Bonchev–Trinajstić information content (AvgIpc) is 2.84. The van der Waals surface area contributed by atoms with Gasteiger partial charge < -0.3 is 5.32 Å². The molecule has 0 radical (unpaired) electrons. The number of benzene rings is 4. The Morgan fingerprint density at radius 2 is 1.30 bits per heavy atom. The van der Waals surface area contributed by atoms with Gasteiger partial charge >= 0.3 is 0 Å². The molecule has 4 aromatic carbocycles. The van der Waals surface area contributed by atoms with E-state index in [-0.39, 0.29) is 11.6 Å². The minimum atomic E-state index is -0.339. The predicted octanol–water partition coefficient (Wildman–Crippen LogP) is 8.15. The van der Waals surface area contributed by atoms with Crippen LogP contribution in [0.2, 0.25) is 10.0 Å². The lowest BCUT2D eigenvalue weighted by Crippen LogP contribution is -2.23. The van der Waals surface area contributed by atoms with Crippen LogP contribution >= 0.6 is 46.7 Å². The molecule has 4 aromatic rings. The van der Waals surface area contributed by atoms with Crippen molar-refractivity contribution in [1.29, 1.82) is 5.26 Å². The number of nitrogens with one attached hydrogen (secondary N) is 1. The average molecular weight is 507 g/mol. The number of nitrogens with zero attached hydrogens (tertiary/aromatic N) is 1. The van der Waals surface area contributed by atoms with Crippen LogP contribution in [-0.4, -0.2) is 5.91 Å². The number of carbonyl (C=O) groups excluding carboxylic acids is 1. The van der Waals surface area contributed by atoms with Gasteiger partial charge in [-0.25, -0.2) is 0 Å². The zero-order chi connectivity index (χ0) is 23.2. The fraction of sp³-hybridized carbons (Fsp3) is 0. The second-order valence-electron chi connectivity index (χ2n) is 6.87. The van der Waals surface area contributed by atoms with E-state index in [0.29, 0.717) is 19.8 Å². The molecule has 0 aliphatic rings. The first-order valence-corrected chi connectivity index (χ1v) is 12.2. The Balaban J connectivity index is 1.70. The first-order valence-electron chi connectivity index (χ1n) is 9.84. The maximum absolute atomic E-state index is 13.2. The van der Waals surface area contributed by atoms with Gasteiger partial charge in [-0.15, -0.1) is 0 Å². The molecule has 7 heteroatoms. The van der Waals surface area contributed by atoms with Gasteiger partial charge in [-0.1, -0.05) is 83.1 Å². The van der Waals surface area contributed by atoms with Gasteiger partial charge in [-0.05, 0) is 65.4 Å². The zero-order valence-electron chi connectivity index (χ0n) is 17.1. The summed E-state index contributed by atoms with van der Waals surface area (Å²) in [5.74, 6) is -0.339. The van der Waals surface area contributed by atoms with Crippen LogP contribution in [0.15, 0.2) is 111 Å². The first kappa shape index (κ1) is 23.3. The molecule has 0 saturated heterocycles. The van der Waals surface area contributed by atoms with E-state index >= 15 is 0 Å². The van der Waals surface area contributed by atoms with Gasteiger partial charge in [0.05, 0.1) is 4.24 Å². The van der Waals surface area contributed by atoms with E-state index in [1.54, 1.807) is 30.3 Å². The van der Waals surface area contributed by atoms with E-state index in [1.165, 1.54) is 23.5 Å². The van der Waals surface area contributed by atoms with Crippen LogP contribution in [0.25, 0.3) is 10.8 Å². The summed E-state index contributed by atoms with van der Waals surface area (Å²) in [4.78, 5) is 15.0. The van der Waals surface area contributed by atoms with Crippen LogP contribution in [0.4, 0.5) is 0 Å². The highest BCUT2D eigenvalue weighted by molar-refractivity contribution is 8.22. The summed E-state index contributed by atoms with van der Waals surface area (Å²) in [6.45, 7) is 0. The molecule has 0 bridgehead atoms. The van der Waals surface area contributed by atoms with Crippen molar-refractivity contribution >= 4 is 63.4 Å². The van der Waals surface area contributed by atoms with E-state index in [2.05, 4.69) is 11.4 Å². The largest absolute Gasteiger partial charge is 0.312 e. The number of nitriles is 1. The quantitative estimate of drug-likeness (QED) is 0.211. The molecule has 1 amide bonds. The molecule has 3 nitrogen and oxygen atoms in total. The van der Waals surface area contributed by atoms with Crippen LogP contribution in [0.1, 0.15) is 10.4 Å². The van der Waals surface area contributed by atoms with Crippen LogP contribution in [0.5, 0.6) is 0 Å². The molecule has 4 rings (SSSR count). The molecule has 0 aliphatic heterocycles. The standard InChI is InChI=1S/C26H16Cl2N2OS2/c27-18-8-12-20(13-9-18)32-26(33-21-14-10-19(28)11-15-21)24(16-29)30-25(31)23-7-3-5-17-4-1-2-6-22(17)23/h1-15H,(H,30,31). The minimum absolute atomic E-state index is 0.174. The lowest BCUT2D eigenvalue weighted by molar-refractivity contribution is 0.0969. The van der Waals surface area contributed by atoms with E-state index in [0.717, 1.165) is 20.6 Å². The van der Waals surface area contributed by atoms with Gasteiger partial charge in [0, 0.05) is 25.4 Å². The molecular weight excluding hydrogens is 491 g/mol. The van der Waals surface area contributed by atoms with Crippen LogP contribution in [0, 0.1) is 11.3 Å². The van der Waals surface area contributed by atoms with Gasteiger partial charge in [0.2, 0.25) is 0 Å². The number of halogens is 2. The molecule has 33 heavy (non-hydrogen) atoms. The highest BCUT2D eigenvalue weighted by atomic mass is 35.5. The molecule has 0 unspecified atom stereocenters. The monoisotopic (exact) mass is 506 g/mol. The van der Waals surface area contributed by atoms with Gasteiger partial charge in [0.1, 0.15) is 11.8 Å². The SMILES string of the molecule is N#CC(NC(=O)c1cccc2ccccc12)=C(Sc1ccc(Cl)cc1)Sc1ccc(Cl)cc1. The lowest BCUT2D eigenvalue weighted by Gasteiger charge is -2.12. The Bertz CT molecular complexity index is 1320. The fourth-order valence-electron chi connectivity index (χ4n) is 3.07. The number of amides is 1. The van der Waals surface area contributed by atoms with E-state index < -0.39 is 0 Å². The Hall–Kier alpha value is -2.88. The number of hydrogen-bond acceptors (Lipinski definition) is 4. The fourth-order valence-corrected chi connectivity index (χ4v) is 5.44. The van der Waals surface area contributed by atoms with Crippen molar-refractivity contribution in [3.8, 4) is 6.07 Å². The highest BCUT2D eigenvalue weighted by Gasteiger charge is 2.17. The first-order chi connectivity index (χ1) is 16.0. The van der Waals surface area contributed by atoms with E-state index in [1.807, 2.05) is 60.7 Å². The van der Waals surface area contributed by atoms with Crippen LogP contribution in [-0.2, 0) is 0 Å². The lowest BCUT2D eigenvalue weighted by atomic mass is 10.0. The van der Waals surface area contributed by atoms with Crippen molar-refractivity contribution in [1.82, 2.24) is 5.32 Å². The molecule has 1 N–H and O–H groups in total. The van der Waals surface area contributed by atoms with E-state index in [4.69, 9.17) is 23.2 Å². The second-order valence-corrected chi connectivity index (χ2v) is 10.2. The third-order valence-corrected chi connectivity index (χ3v) is 7.44. The molecule has 162 valence electrons. The Morgan fingerprint density at radius 1 is 0.758 bits per heavy atom. The maximum atomic E-state index is 13.2. The van der Waals surface area contributed by atoms with Crippen molar-refractivity contribution < 1.29 is 4.79 Å². The molecule has 0 fully saturated rings. The Morgan fingerprint density at radius 3 is 1.88 bits per heavy atom. The summed E-state index contributed by atoms with van der Waals surface area (Å²) in [5.41, 5.74) is 0.682. The summed E-state index contributed by atoms with van der Waals surface area (Å²) in [5, 5.41) is 15.8. The number of rotatable bonds is 6. The molecular formula is C26H16Cl2N2OS2. The highest BCUT2D eigenvalue weighted by Crippen LogP contribution is 2.41. The Kier molecular flexibility index (Phi) is 7.64. The third-order valence-electron chi connectivity index (χ3n) is 4.64. The molecule has 0 aromatic heterocycles. The van der Waals surface area contributed by atoms with Gasteiger partial charge in [0.25, 0.3) is 5.91 Å². The minimum Gasteiger partial charge on any atom is -0.312 e. The number of hydrogen-bond donors (Lipinski definition) is 1. The number of thioether (sulfide) groups is 2. The van der Waals surface area contributed by atoms with Crippen molar-refractivity contribution in [3.63, 3.8) is 0 Å². The van der Waals surface area contributed by atoms with Crippen molar-refractivity contribution in [2.75, 3.05) is 0 Å². The van der Waals surface area contributed by atoms with Crippen molar-refractivity contribution in [2.45, 2.75) is 9.79 Å². The van der Waals surface area contributed by atoms with Crippen LogP contribution in [0.3, 0.4) is 0 Å². The molecule has 0 atom stereocenters. The van der Waals surface area contributed by atoms with Crippen molar-refractivity contribution in [3.05, 3.63) is 117 Å². The van der Waals surface area contributed by atoms with Crippen molar-refractivity contribution in [2.24, 2.45) is 0 Å². The molecule has 0 saturated carbocycles.